The molecule has 0 radical (unpaired) electrons. The second-order valence-corrected chi connectivity index (χ2v) is 7.91. The summed E-state index contributed by atoms with van der Waals surface area (Å²) in [6, 6.07) is 7.12. The van der Waals surface area contributed by atoms with Crippen LogP contribution in [0.1, 0.15) is 97.8 Å². The molecule has 0 N–H and O–H groups in total. The fraction of sp³-hybridized carbons (Fsp3) is 0.600. The number of carbonyl (C=O) groups is 2. The van der Waals surface area contributed by atoms with Crippen molar-refractivity contribution in [1.29, 1.82) is 0 Å². The number of benzene rings is 1. The van der Waals surface area contributed by atoms with E-state index in [9.17, 15) is 9.59 Å². The third kappa shape index (κ3) is 8.14. The Bertz CT molecular complexity index is 606. The van der Waals surface area contributed by atoms with Gasteiger partial charge in [-0.3, -0.25) is 14.5 Å². The smallest absolute Gasteiger partial charge is 0.261 e. The number of carbonyl (C=O) groups excluding carboxylic acids is 2. The van der Waals surface area contributed by atoms with Crippen molar-refractivity contribution in [3.63, 3.8) is 0 Å². The molecule has 4 heteroatoms. The van der Waals surface area contributed by atoms with Gasteiger partial charge in [0, 0.05) is 13.2 Å². The summed E-state index contributed by atoms with van der Waals surface area (Å²) in [7, 11) is 0. The molecule has 1 aromatic rings. The monoisotopic (exact) mass is 399 g/mol. The highest BCUT2D eigenvalue weighted by Crippen LogP contribution is 2.23. The Labute approximate surface area is 176 Å². The molecule has 0 saturated carbocycles. The van der Waals surface area contributed by atoms with Crippen LogP contribution in [0.2, 0.25) is 0 Å². The topological polar surface area (TPSA) is 46.6 Å². The molecule has 1 aromatic carbocycles. The van der Waals surface area contributed by atoms with Gasteiger partial charge in [0.2, 0.25) is 0 Å². The summed E-state index contributed by atoms with van der Waals surface area (Å²) in [5, 5.41) is 0. The average molecular weight is 400 g/mol. The maximum atomic E-state index is 12.3. The van der Waals surface area contributed by atoms with Gasteiger partial charge in [-0.2, -0.15) is 0 Å². The minimum Gasteiger partial charge on any atom is -0.377 e. The molecular formula is C25H37NO3. The number of unbranched alkanes of at least 4 members (excludes halogenated alkanes) is 11. The van der Waals surface area contributed by atoms with Crippen molar-refractivity contribution in [3.8, 4) is 0 Å². The van der Waals surface area contributed by atoms with Gasteiger partial charge < -0.3 is 4.74 Å². The fourth-order valence-corrected chi connectivity index (χ4v) is 3.85. The Morgan fingerprint density at radius 1 is 0.724 bits per heavy atom. The molecule has 0 unspecified atom stereocenters. The molecule has 1 heterocycles. The number of rotatable bonds is 17. The van der Waals surface area contributed by atoms with E-state index < -0.39 is 0 Å². The first-order valence-corrected chi connectivity index (χ1v) is 11.4. The van der Waals surface area contributed by atoms with E-state index in [2.05, 4.69) is 6.58 Å². The second kappa shape index (κ2) is 14.1. The number of ether oxygens (including phenoxy) is 1. The lowest BCUT2D eigenvalue weighted by molar-refractivity contribution is 0.0651. The normalized spacial score (nSPS) is 13.2. The molecule has 0 aromatic heterocycles. The molecule has 29 heavy (non-hydrogen) atoms. The predicted octanol–water partition coefficient (Wildman–Crippen LogP) is 6.17. The number of fused-ring (bicyclic) bond motifs is 1. The first kappa shape index (κ1) is 23.3. The van der Waals surface area contributed by atoms with Gasteiger partial charge in [-0.05, 0) is 25.0 Å². The lowest BCUT2D eigenvalue weighted by Crippen LogP contribution is -2.30. The molecule has 0 atom stereocenters. The van der Waals surface area contributed by atoms with Crippen molar-refractivity contribution in [2.24, 2.45) is 0 Å². The number of amides is 2. The Morgan fingerprint density at radius 3 is 1.66 bits per heavy atom. The molecule has 0 fully saturated rings. The SMILES string of the molecule is C=CCOCCCCCCCCCCCCCCN1C(=O)c2ccccc2C1=O. The van der Waals surface area contributed by atoms with Crippen LogP contribution in [0.4, 0.5) is 0 Å². The van der Waals surface area contributed by atoms with E-state index in [0.717, 1.165) is 25.9 Å². The quantitative estimate of drug-likeness (QED) is 0.179. The summed E-state index contributed by atoms with van der Waals surface area (Å²) in [4.78, 5) is 26.0. The van der Waals surface area contributed by atoms with E-state index in [1.54, 1.807) is 18.2 Å². The zero-order chi connectivity index (χ0) is 20.7. The van der Waals surface area contributed by atoms with Crippen LogP contribution >= 0.6 is 0 Å². The summed E-state index contributed by atoms with van der Waals surface area (Å²) >= 11 is 0. The van der Waals surface area contributed by atoms with Gasteiger partial charge >= 0.3 is 0 Å². The van der Waals surface area contributed by atoms with Crippen LogP contribution in [0.25, 0.3) is 0 Å². The Balaban J connectivity index is 1.38. The highest BCUT2D eigenvalue weighted by molar-refractivity contribution is 6.21. The molecule has 0 bridgehead atoms. The van der Waals surface area contributed by atoms with Crippen LogP contribution in [0, 0.1) is 0 Å². The minimum atomic E-state index is -0.130. The Morgan fingerprint density at radius 2 is 1.17 bits per heavy atom. The fourth-order valence-electron chi connectivity index (χ4n) is 3.85. The summed E-state index contributed by atoms with van der Waals surface area (Å²) < 4.78 is 5.38. The standard InChI is InChI=1S/C25H37NO3/c1-2-20-29-21-16-12-10-8-6-4-3-5-7-9-11-15-19-26-24(27)22-17-13-14-18-23(22)25(26)28/h2,13-14,17-18H,1,3-12,15-16,19-21H2. The van der Waals surface area contributed by atoms with Crippen molar-refractivity contribution in [2.75, 3.05) is 19.8 Å². The van der Waals surface area contributed by atoms with Crippen LogP contribution in [-0.4, -0.2) is 36.5 Å². The highest BCUT2D eigenvalue weighted by atomic mass is 16.5. The van der Waals surface area contributed by atoms with Gasteiger partial charge in [-0.25, -0.2) is 0 Å². The minimum absolute atomic E-state index is 0.130. The second-order valence-electron chi connectivity index (χ2n) is 7.91. The lowest BCUT2D eigenvalue weighted by atomic mass is 10.1. The van der Waals surface area contributed by atoms with E-state index in [1.807, 2.05) is 12.1 Å². The van der Waals surface area contributed by atoms with Crippen molar-refractivity contribution in [2.45, 2.75) is 77.0 Å². The molecule has 0 aliphatic carbocycles. The van der Waals surface area contributed by atoms with Gasteiger partial charge in [-0.1, -0.05) is 82.4 Å². The van der Waals surface area contributed by atoms with E-state index >= 15 is 0 Å². The number of hydrogen-bond donors (Lipinski definition) is 0. The van der Waals surface area contributed by atoms with E-state index in [0.29, 0.717) is 24.3 Å². The molecule has 1 aliphatic heterocycles. The zero-order valence-corrected chi connectivity index (χ0v) is 17.9. The highest BCUT2D eigenvalue weighted by Gasteiger charge is 2.34. The molecule has 2 rings (SSSR count). The van der Waals surface area contributed by atoms with Crippen LogP contribution in [-0.2, 0) is 4.74 Å². The van der Waals surface area contributed by atoms with Crippen LogP contribution in [0.5, 0.6) is 0 Å². The average Bonchev–Trinajstić information content (AvgIpc) is 2.98. The van der Waals surface area contributed by atoms with Crippen LogP contribution in [0.3, 0.4) is 0 Å². The number of imide groups is 1. The number of hydrogen-bond acceptors (Lipinski definition) is 3. The molecule has 4 nitrogen and oxygen atoms in total. The summed E-state index contributed by atoms with van der Waals surface area (Å²) in [5.41, 5.74) is 1.11. The first-order valence-electron chi connectivity index (χ1n) is 11.4. The van der Waals surface area contributed by atoms with E-state index in [4.69, 9.17) is 4.74 Å². The zero-order valence-electron chi connectivity index (χ0n) is 17.9. The maximum Gasteiger partial charge on any atom is 0.261 e. The largest absolute Gasteiger partial charge is 0.377 e. The van der Waals surface area contributed by atoms with Gasteiger partial charge in [0.25, 0.3) is 11.8 Å². The predicted molar refractivity (Wildman–Crippen MR) is 118 cm³/mol. The van der Waals surface area contributed by atoms with Crippen molar-refractivity contribution in [3.05, 3.63) is 48.0 Å². The first-order chi connectivity index (χ1) is 14.3. The van der Waals surface area contributed by atoms with Crippen molar-refractivity contribution in [1.82, 2.24) is 4.90 Å². The van der Waals surface area contributed by atoms with Crippen molar-refractivity contribution >= 4 is 11.8 Å². The van der Waals surface area contributed by atoms with Crippen molar-refractivity contribution < 1.29 is 14.3 Å². The third-order valence-corrected chi connectivity index (χ3v) is 5.53. The van der Waals surface area contributed by atoms with Gasteiger partial charge in [0.05, 0.1) is 17.7 Å². The molecule has 0 saturated heterocycles. The van der Waals surface area contributed by atoms with Gasteiger partial charge in [-0.15, -0.1) is 6.58 Å². The van der Waals surface area contributed by atoms with Gasteiger partial charge in [0.1, 0.15) is 0 Å². The maximum absolute atomic E-state index is 12.3. The molecule has 1 aliphatic rings. The van der Waals surface area contributed by atoms with E-state index in [-0.39, 0.29) is 11.8 Å². The summed E-state index contributed by atoms with van der Waals surface area (Å²) in [6.07, 6.45) is 16.6. The third-order valence-electron chi connectivity index (χ3n) is 5.53. The van der Waals surface area contributed by atoms with Crippen LogP contribution < -0.4 is 0 Å². The van der Waals surface area contributed by atoms with E-state index in [1.165, 1.54) is 62.7 Å². The Hall–Kier alpha value is -1.94. The lowest BCUT2D eigenvalue weighted by Gasteiger charge is -2.13. The molecule has 2 amide bonds. The molecular weight excluding hydrogens is 362 g/mol. The van der Waals surface area contributed by atoms with Gasteiger partial charge in [0.15, 0.2) is 0 Å². The Kier molecular flexibility index (Phi) is 11.4. The molecule has 160 valence electrons. The molecule has 0 spiro atoms. The number of nitrogens with zero attached hydrogens (tertiary/aromatic N) is 1. The van der Waals surface area contributed by atoms with Crippen LogP contribution in [0.15, 0.2) is 36.9 Å². The summed E-state index contributed by atoms with van der Waals surface area (Å²) in [6.45, 7) is 5.72. The summed E-state index contributed by atoms with van der Waals surface area (Å²) in [5.74, 6) is -0.259.